The van der Waals surface area contributed by atoms with Crippen molar-refractivity contribution in [2.24, 2.45) is 14.1 Å². The lowest BCUT2D eigenvalue weighted by molar-refractivity contribution is -0.0336. The Kier molecular flexibility index (Phi) is 4.64. The summed E-state index contributed by atoms with van der Waals surface area (Å²) in [5.74, 6) is -0.276. The summed E-state index contributed by atoms with van der Waals surface area (Å²) in [5, 5.41) is 0. The van der Waals surface area contributed by atoms with E-state index in [1.54, 1.807) is 19.2 Å². The lowest BCUT2D eigenvalue weighted by Gasteiger charge is -2.33. The molecule has 0 spiro atoms. The normalized spacial score (nSPS) is 18.7. The Morgan fingerprint density at radius 1 is 1.17 bits per heavy atom. The van der Waals surface area contributed by atoms with Gasteiger partial charge in [-0.25, -0.2) is 9.18 Å². The second-order valence-electron chi connectivity index (χ2n) is 6.02. The SMILES string of the molecule is Cn1c(CN2CCOC(c3ccc(F)cc3)C2)cc(=O)n(C)c1=O. The quantitative estimate of drug-likeness (QED) is 0.834. The van der Waals surface area contributed by atoms with Crippen LogP contribution in [0.1, 0.15) is 17.4 Å². The second kappa shape index (κ2) is 6.70. The smallest absolute Gasteiger partial charge is 0.330 e. The van der Waals surface area contributed by atoms with Crippen molar-refractivity contribution >= 4 is 0 Å². The third-order valence-corrected chi connectivity index (χ3v) is 4.40. The van der Waals surface area contributed by atoms with Crippen LogP contribution >= 0.6 is 0 Å². The number of hydrogen-bond donors (Lipinski definition) is 0. The van der Waals surface area contributed by atoms with E-state index in [0.717, 1.165) is 10.1 Å². The van der Waals surface area contributed by atoms with E-state index in [0.29, 0.717) is 31.9 Å². The third-order valence-electron chi connectivity index (χ3n) is 4.40. The Morgan fingerprint density at radius 2 is 1.88 bits per heavy atom. The number of morpholine rings is 1. The van der Waals surface area contributed by atoms with Gasteiger partial charge in [0.2, 0.25) is 0 Å². The summed E-state index contributed by atoms with van der Waals surface area (Å²) in [7, 11) is 3.13. The number of rotatable bonds is 3. The summed E-state index contributed by atoms with van der Waals surface area (Å²) >= 11 is 0. The first kappa shape index (κ1) is 16.6. The van der Waals surface area contributed by atoms with Gasteiger partial charge in [-0.2, -0.15) is 0 Å². The number of halogens is 1. The average molecular weight is 333 g/mol. The zero-order chi connectivity index (χ0) is 17.3. The van der Waals surface area contributed by atoms with Gasteiger partial charge in [0.25, 0.3) is 5.56 Å². The van der Waals surface area contributed by atoms with Crippen LogP contribution in [0, 0.1) is 5.82 Å². The molecule has 0 saturated carbocycles. The molecule has 1 fully saturated rings. The van der Waals surface area contributed by atoms with Gasteiger partial charge < -0.3 is 4.74 Å². The highest BCUT2D eigenvalue weighted by Crippen LogP contribution is 2.23. The van der Waals surface area contributed by atoms with Crippen LogP contribution in [0.5, 0.6) is 0 Å². The number of aromatic nitrogens is 2. The van der Waals surface area contributed by atoms with E-state index < -0.39 is 0 Å². The van der Waals surface area contributed by atoms with E-state index in [4.69, 9.17) is 4.74 Å². The van der Waals surface area contributed by atoms with Crippen molar-refractivity contribution in [1.29, 1.82) is 0 Å². The van der Waals surface area contributed by atoms with Crippen LogP contribution in [-0.4, -0.2) is 33.7 Å². The van der Waals surface area contributed by atoms with E-state index in [2.05, 4.69) is 4.90 Å². The summed E-state index contributed by atoms with van der Waals surface area (Å²) in [6, 6.07) is 7.77. The predicted octanol–water partition coefficient (Wildman–Crippen LogP) is 0.797. The lowest BCUT2D eigenvalue weighted by Crippen LogP contribution is -2.42. The minimum Gasteiger partial charge on any atom is -0.371 e. The standard InChI is InChI=1S/C17H20FN3O3/c1-19-14(9-16(22)20(2)17(19)23)10-21-7-8-24-15(11-21)12-3-5-13(18)6-4-12/h3-6,9,15H,7-8,10-11H2,1-2H3. The molecule has 0 N–H and O–H groups in total. The molecule has 7 heteroatoms. The summed E-state index contributed by atoms with van der Waals surface area (Å²) < 4.78 is 21.4. The highest BCUT2D eigenvalue weighted by Gasteiger charge is 2.23. The summed E-state index contributed by atoms with van der Waals surface area (Å²) in [5.41, 5.74) is 0.944. The van der Waals surface area contributed by atoms with Crippen LogP contribution in [0.2, 0.25) is 0 Å². The van der Waals surface area contributed by atoms with Gasteiger partial charge in [-0.05, 0) is 17.7 Å². The number of nitrogens with zero attached hydrogens (tertiary/aromatic N) is 3. The third kappa shape index (κ3) is 3.32. The fourth-order valence-electron chi connectivity index (χ4n) is 2.88. The molecule has 6 nitrogen and oxygen atoms in total. The van der Waals surface area contributed by atoms with Crippen LogP contribution in [-0.2, 0) is 25.4 Å². The molecule has 2 aromatic rings. The molecule has 0 radical (unpaired) electrons. The molecule has 1 unspecified atom stereocenters. The highest BCUT2D eigenvalue weighted by atomic mass is 19.1. The molecule has 1 aromatic heterocycles. The molecular weight excluding hydrogens is 313 g/mol. The fourth-order valence-corrected chi connectivity index (χ4v) is 2.88. The maximum absolute atomic E-state index is 13.1. The Hall–Kier alpha value is -2.25. The highest BCUT2D eigenvalue weighted by molar-refractivity contribution is 5.19. The summed E-state index contributed by atoms with van der Waals surface area (Å²) in [6.45, 7) is 2.36. The topological polar surface area (TPSA) is 56.5 Å². The second-order valence-corrected chi connectivity index (χ2v) is 6.02. The lowest BCUT2D eigenvalue weighted by atomic mass is 10.1. The summed E-state index contributed by atoms with van der Waals surface area (Å²) in [6.07, 6.45) is -0.150. The molecule has 1 aromatic carbocycles. The van der Waals surface area contributed by atoms with Crippen molar-refractivity contribution in [3.63, 3.8) is 0 Å². The van der Waals surface area contributed by atoms with Crippen molar-refractivity contribution in [3.8, 4) is 0 Å². The predicted molar refractivity (Wildman–Crippen MR) is 87.3 cm³/mol. The van der Waals surface area contributed by atoms with Crippen molar-refractivity contribution in [1.82, 2.24) is 14.0 Å². The van der Waals surface area contributed by atoms with Gasteiger partial charge >= 0.3 is 5.69 Å². The van der Waals surface area contributed by atoms with Crippen LogP contribution < -0.4 is 11.2 Å². The van der Waals surface area contributed by atoms with Crippen LogP contribution in [0.4, 0.5) is 4.39 Å². The Bertz CT molecular complexity index is 842. The Balaban J connectivity index is 1.78. The van der Waals surface area contributed by atoms with E-state index in [-0.39, 0.29) is 23.2 Å². The van der Waals surface area contributed by atoms with Gasteiger partial charge in [0.05, 0.1) is 12.7 Å². The van der Waals surface area contributed by atoms with E-state index in [9.17, 15) is 14.0 Å². The molecular formula is C17H20FN3O3. The van der Waals surface area contributed by atoms with Crippen molar-refractivity contribution in [3.05, 3.63) is 68.2 Å². The molecule has 0 aliphatic carbocycles. The minimum atomic E-state index is -0.333. The monoisotopic (exact) mass is 333 g/mol. The first-order valence-corrected chi connectivity index (χ1v) is 7.81. The first-order chi connectivity index (χ1) is 11.5. The zero-order valence-corrected chi connectivity index (χ0v) is 13.7. The summed E-state index contributed by atoms with van der Waals surface area (Å²) in [4.78, 5) is 26.0. The maximum atomic E-state index is 13.1. The molecule has 1 saturated heterocycles. The van der Waals surface area contributed by atoms with E-state index in [1.165, 1.54) is 29.8 Å². The van der Waals surface area contributed by atoms with Gasteiger partial charge in [-0.15, -0.1) is 0 Å². The van der Waals surface area contributed by atoms with Crippen molar-refractivity contribution < 1.29 is 9.13 Å². The number of hydrogen-bond acceptors (Lipinski definition) is 4. The average Bonchev–Trinajstić information content (AvgIpc) is 2.59. The molecule has 1 aliphatic heterocycles. The van der Waals surface area contributed by atoms with Crippen molar-refractivity contribution in [2.75, 3.05) is 19.7 Å². The van der Waals surface area contributed by atoms with Crippen molar-refractivity contribution in [2.45, 2.75) is 12.6 Å². The molecule has 1 atom stereocenters. The maximum Gasteiger partial charge on any atom is 0.330 e. The van der Waals surface area contributed by atoms with Gasteiger partial charge in [0.15, 0.2) is 0 Å². The van der Waals surface area contributed by atoms with Crippen LogP contribution in [0.25, 0.3) is 0 Å². The van der Waals surface area contributed by atoms with Crippen LogP contribution in [0.15, 0.2) is 39.9 Å². The molecule has 1 aliphatic rings. The zero-order valence-electron chi connectivity index (χ0n) is 13.7. The largest absolute Gasteiger partial charge is 0.371 e. The van der Waals surface area contributed by atoms with E-state index in [1.807, 2.05) is 0 Å². The van der Waals surface area contributed by atoms with E-state index >= 15 is 0 Å². The van der Waals surface area contributed by atoms with Gasteiger partial charge in [0, 0.05) is 45.5 Å². The Labute approximate surface area is 138 Å². The number of ether oxygens (including phenoxy) is 1. The molecule has 24 heavy (non-hydrogen) atoms. The van der Waals surface area contributed by atoms with Gasteiger partial charge in [-0.1, -0.05) is 12.1 Å². The fraction of sp³-hybridized carbons (Fsp3) is 0.412. The molecule has 0 amide bonds. The van der Waals surface area contributed by atoms with Gasteiger partial charge in [-0.3, -0.25) is 18.8 Å². The van der Waals surface area contributed by atoms with Gasteiger partial charge in [0.1, 0.15) is 5.82 Å². The molecule has 3 rings (SSSR count). The Morgan fingerprint density at radius 3 is 2.58 bits per heavy atom. The minimum absolute atomic E-state index is 0.150. The molecule has 128 valence electrons. The molecule has 0 bridgehead atoms. The van der Waals surface area contributed by atoms with Crippen LogP contribution in [0.3, 0.4) is 0 Å². The first-order valence-electron chi connectivity index (χ1n) is 7.81. The molecule has 2 heterocycles. The number of benzene rings is 1.